The van der Waals surface area contributed by atoms with Crippen molar-refractivity contribution in [2.75, 3.05) is 0 Å². The maximum atomic E-state index is 12.8. The van der Waals surface area contributed by atoms with Crippen LogP contribution in [0.4, 0.5) is 13.2 Å². The lowest BCUT2D eigenvalue weighted by atomic mass is 10.2. The van der Waals surface area contributed by atoms with Crippen LogP contribution in [0.25, 0.3) is 10.6 Å². The minimum atomic E-state index is -4.49. The molecule has 0 aliphatic rings. The molecule has 0 atom stereocenters. The van der Waals surface area contributed by atoms with Gasteiger partial charge in [0.15, 0.2) is 0 Å². The van der Waals surface area contributed by atoms with Crippen molar-refractivity contribution >= 4 is 22.9 Å². The number of hydrogen-bond donors (Lipinski definition) is 0. The summed E-state index contributed by atoms with van der Waals surface area (Å²) in [6.45, 7) is -0.0210. The van der Waals surface area contributed by atoms with E-state index in [2.05, 4.69) is 4.98 Å². The van der Waals surface area contributed by atoms with E-state index in [-0.39, 0.29) is 6.54 Å². The van der Waals surface area contributed by atoms with E-state index in [1.807, 2.05) is 0 Å². The summed E-state index contributed by atoms with van der Waals surface area (Å²) < 4.78 is 39.3. The Morgan fingerprint density at radius 2 is 1.83 bits per heavy atom. The maximum Gasteiger partial charge on any atom is 0.417 e. The van der Waals surface area contributed by atoms with Gasteiger partial charge in [0.2, 0.25) is 0 Å². The Hall–Kier alpha value is -2.12. The van der Waals surface area contributed by atoms with E-state index in [4.69, 9.17) is 11.6 Å². The van der Waals surface area contributed by atoms with Crippen molar-refractivity contribution in [2.24, 2.45) is 0 Å². The van der Waals surface area contributed by atoms with Crippen LogP contribution in [0, 0.1) is 0 Å². The van der Waals surface area contributed by atoms with E-state index in [1.54, 1.807) is 29.6 Å². The van der Waals surface area contributed by atoms with Crippen LogP contribution in [0.15, 0.2) is 52.8 Å². The van der Waals surface area contributed by atoms with E-state index < -0.39 is 17.3 Å². The van der Waals surface area contributed by atoms with Gasteiger partial charge in [0.05, 0.1) is 17.8 Å². The highest BCUT2D eigenvalue weighted by atomic mass is 35.5. The van der Waals surface area contributed by atoms with Crippen LogP contribution in [0.3, 0.4) is 0 Å². The van der Waals surface area contributed by atoms with Gasteiger partial charge in [-0.05, 0) is 18.2 Å². The lowest BCUT2D eigenvalue weighted by molar-refractivity contribution is -0.138. The van der Waals surface area contributed by atoms with Crippen molar-refractivity contribution in [2.45, 2.75) is 12.7 Å². The fraction of sp³-hybridized carbons (Fsp3) is 0.125. The molecule has 2 heterocycles. The van der Waals surface area contributed by atoms with Gasteiger partial charge >= 0.3 is 6.18 Å². The molecule has 0 saturated carbocycles. The molecule has 2 aromatic heterocycles. The van der Waals surface area contributed by atoms with Gasteiger partial charge in [0.1, 0.15) is 5.01 Å². The number of hydrogen-bond acceptors (Lipinski definition) is 3. The smallest absolute Gasteiger partial charge is 0.309 e. The largest absolute Gasteiger partial charge is 0.417 e. The highest BCUT2D eigenvalue weighted by Gasteiger charge is 2.31. The Balaban J connectivity index is 1.87. The second-order valence-corrected chi connectivity index (χ2v) is 6.33. The molecule has 3 aromatic rings. The third kappa shape index (κ3) is 3.68. The Bertz CT molecular complexity index is 916. The van der Waals surface area contributed by atoms with Crippen LogP contribution in [0.1, 0.15) is 11.3 Å². The van der Waals surface area contributed by atoms with Crippen molar-refractivity contribution in [1.82, 2.24) is 9.55 Å². The summed E-state index contributed by atoms with van der Waals surface area (Å²) in [5.41, 5.74) is -0.00212. The van der Waals surface area contributed by atoms with E-state index in [1.165, 1.54) is 11.3 Å². The second-order valence-electron chi connectivity index (χ2n) is 5.03. The van der Waals surface area contributed by atoms with Crippen molar-refractivity contribution in [3.05, 3.63) is 74.6 Å². The molecular weight excluding hydrogens is 361 g/mol. The quantitative estimate of drug-likeness (QED) is 0.670. The summed E-state index contributed by atoms with van der Waals surface area (Å²) in [6.07, 6.45) is -3.68. The van der Waals surface area contributed by atoms with Gasteiger partial charge in [-0.15, -0.1) is 11.3 Å². The zero-order valence-electron chi connectivity index (χ0n) is 12.0. The average Bonchev–Trinajstić information content (AvgIpc) is 2.97. The minimum Gasteiger partial charge on any atom is -0.309 e. The molecule has 8 heteroatoms. The lowest BCUT2D eigenvalue weighted by Crippen LogP contribution is -2.22. The van der Waals surface area contributed by atoms with Crippen molar-refractivity contribution in [1.29, 1.82) is 0 Å². The minimum absolute atomic E-state index is 0.0210. The summed E-state index contributed by atoms with van der Waals surface area (Å²) >= 11 is 7.19. The number of aromatic nitrogens is 2. The molecule has 3 rings (SSSR count). The van der Waals surface area contributed by atoms with Gasteiger partial charge in [-0.2, -0.15) is 13.2 Å². The predicted molar refractivity (Wildman–Crippen MR) is 87.4 cm³/mol. The molecule has 0 aliphatic heterocycles. The number of halogens is 4. The number of nitrogens with zero attached hydrogens (tertiary/aromatic N) is 2. The monoisotopic (exact) mass is 370 g/mol. The first-order chi connectivity index (χ1) is 11.3. The van der Waals surface area contributed by atoms with Crippen LogP contribution < -0.4 is 5.56 Å². The normalized spacial score (nSPS) is 11.7. The van der Waals surface area contributed by atoms with Gasteiger partial charge < -0.3 is 4.57 Å². The zero-order chi connectivity index (χ0) is 17.3. The molecule has 0 N–H and O–H groups in total. The van der Waals surface area contributed by atoms with E-state index in [9.17, 15) is 18.0 Å². The molecule has 0 amide bonds. The molecule has 0 unspecified atom stereocenters. The molecule has 0 bridgehead atoms. The van der Waals surface area contributed by atoms with Crippen LogP contribution in [0.5, 0.6) is 0 Å². The van der Waals surface area contributed by atoms with Gasteiger partial charge in [-0.3, -0.25) is 4.79 Å². The van der Waals surface area contributed by atoms with Crippen LogP contribution in [-0.2, 0) is 12.7 Å². The number of rotatable bonds is 3. The Kier molecular flexibility index (Phi) is 4.47. The van der Waals surface area contributed by atoms with Crippen LogP contribution >= 0.6 is 22.9 Å². The predicted octanol–water partition coefficient (Wildman–Crippen LogP) is 4.69. The van der Waals surface area contributed by atoms with Gasteiger partial charge in [-0.1, -0.05) is 23.7 Å². The Morgan fingerprint density at radius 1 is 1.12 bits per heavy atom. The van der Waals surface area contributed by atoms with Gasteiger partial charge in [-0.25, -0.2) is 4.98 Å². The topological polar surface area (TPSA) is 34.9 Å². The summed E-state index contributed by atoms with van der Waals surface area (Å²) in [6, 6.07) is 8.77. The standard InChI is InChI=1S/C16H10ClF3N2OS/c17-12-4-1-10(2-5-12)15-21-13(9-24-15)8-22-7-11(16(18,19)20)3-6-14(22)23/h1-7,9H,8H2. The van der Waals surface area contributed by atoms with Gasteiger partial charge in [0.25, 0.3) is 5.56 Å². The van der Waals surface area contributed by atoms with E-state index in [0.29, 0.717) is 15.7 Å². The van der Waals surface area contributed by atoms with Gasteiger partial charge in [0, 0.05) is 28.2 Å². The maximum absolute atomic E-state index is 12.8. The van der Waals surface area contributed by atoms with E-state index >= 15 is 0 Å². The summed E-state index contributed by atoms with van der Waals surface area (Å²) in [5, 5.41) is 3.03. The van der Waals surface area contributed by atoms with Crippen LogP contribution in [-0.4, -0.2) is 9.55 Å². The average molecular weight is 371 g/mol. The first kappa shape index (κ1) is 16.7. The molecule has 0 fully saturated rings. The summed E-state index contributed by atoms with van der Waals surface area (Å²) in [5.74, 6) is 0. The molecule has 3 nitrogen and oxygen atoms in total. The fourth-order valence-corrected chi connectivity index (χ4v) is 3.04. The van der Waals surface area contributed by atoms with Crippen molar-refractivity contribution in [3.8, 4) is 10.6 Å². The lowest BCUT2D eigenvalue weighted by Gasteiger charge is -2.09. The third-order valence-corrected chi connectivity index (χ3v) is 4.48. The molecule has 24 heavy (non-hydrogen) atoms. The Labute approximate surface area is 144 Å². The second kappa shape index (κ2) is 6.41. The molecule has 0 spiro atoms. The third-order valence-electron chi connectivity index (χ3n) is 3.29. The molecule has 124 valence electrons. The molecule has 0 aliphatic carbocycles. The Morgan fingerprint density at radius 3 is 2.50 bits per heavy atom. The highest BCUT2D eigenvalue weighted by molar-refractivity contribution is 7.13. The number of thiazole rings is 1. The molecule has 1 aromatic carbocycles. The van der Waals surface area contributed by atoms with Crippen LogP contribution in [0.2, 0.25) is 5.02 Å². The first-order valence-electron chi connectivity index (χ1n) is 6.81. The number of benzene rings is 1. The molecule has 0 radical (unpaired) electrons. The zero-order valence-corrected chi connectivity index (χ0v) is 13.6. The SMILES string of the molecule is O=c1ccc(C(F)(F)F)cn1Cc1csc(-c2ccc(Cl)cc2)n1. The van der Waals surface area contributed by atoms with Crippen molar-refractivity contribution in [3.63, 3.8) is 0 Å². The number of pyridine rings is 1. The molecular formula is C16H10ClF3N2OS. The summed E-state index contributed by atoms with van der Waals surface area (Å²) in [4.78, 5) is 16.1. The highest BCUT2D eigenvalue weighted by Crippen LogP contribution is 2.28. The van der Waals surface area contributed by atoms with Crippen molar-refractivity contribution < 1.29 is 13.2 Å². The fourth-order valence-electron chi connectivity index (χ4n) is 2.10. The number of alkyl halides is 3. The van der Waals surface area contributed by atoms with E-state index in [0.717, 1.165) is 28.5 Å². The first-order valence-corrected chi connectivity index (χ1v) is 8.07. The summed E-state index contributed by atoms with van der Waals surface area (Å²) in [7, 11) is 0. The molecule has 0 saturated heterocycles.